The Kier molecular flexibility index (Phi) is 3.97. The van der Waals surface area contributed by atoms with Gasteiger partial charge in [0.25, 0.3) is 0 Å². The summed E-state index contributed by atoms with van der Waals surface area (Å²) in [6, 6.07) is -0.386. The van der Waals surface area contributed by atoms with Gasteiger partial charge < -0.3 is 19.5 Å². The fraction of sp³-hybridized carbons (Fsp3) is 0.615. The molecule has 22 heavy (non-hydrogen) atoms. The van der Waals surface area contributed by atoms with Gasteiger partial charge in [0.15, 0.2) is 0 Å². The van der Waals surface area contributed by atoms with Gasteiger partial charge in [-0.2, -0.15) is 0 Å². The molecule has 0 bridgehead atoms. The van der Waals surface area contributed by atoms with E-state index in [9.17, 15) is 9.90 Å². The highest BCUT2D eigenvalue weighted by Gasteiger charge is 2.35. The van der Waals surface area contributed by atoms with Gasteiger partial charge in [0.05, 0.1) is 30.7 Å². The van der Waals surface area contributed by atoms with Crippen molar-refractivity contribution in [1.82, 2.24) is 19.8 Å². The van der Waals surface area contributed by atoms with Crippen LogP contribution in [-0.4, -0.2) is 46.2 Å². The Morgan fingerprint density at radius 3 is 2.91 bits per heavy atom. The van der Waals surface area contributed by atoms with Crippen molar-refractivity contribution in [3.63, 3.8) is 0 Å². The van der Waals surface area contributed by atoms with Crippen LogP contribution in [-0.2, 0) is 0 Å². The molecular weight excluding hydrogens is 288 g/mol. The first-order valence-electron chi connectivity index (χ1n) is 7.17. The van der Waals surface area contributed by atoms with E-state index in [1.807, 2.05) is 0 Å². The van der Waals surface area contributed by atoms with Crippen LogP contribution < -0.4 is 14.8 Å². The van der Waals surface area contributed by atoms with Crippen LogP contribution in [0.1, 0.15) is 30.9 Å². The molecule has 2 heterocycles. The highest BCUT2D eigenvalue weighted by Crippen LogP contribution is 2.38. The first-order valence-corrected chi connectivity index (χ1v) is 7.17. The third-order valence-corrected chi connectivity index (χ3v) is 3.90. The summed E-state index contributed by atoms with van der Waals surface area (Å²) in [7, 11) is 0. The predicted octanol–water partition coefficient (Wildman–Crippen LogP) is 0.0694. The fourth-order valence-corrected chi connectivity index (χ4v) is 2.64. The van der Waals surface area contributed by atoms with Gasteiger partial charge >= 0.3 is 0 Å². The molecule has 1 aliphatic heterocycles. The minimum absolute atomic E-state index is 0.129. The third-order valence-electron chi connectivity index (χ3n) is 3.90. The average Bonchev–Trinajstić information content (AvgIpc) is 3.27. The van der Waals surface area contributed by atoms with E-state index in [-0.39, 0.29) is 25.2 Å². The third kappa shape index (κ3) is 3.20. The van der Waals surface area contributed by atoms with Crippen molar-refractivity contribution in [2.24, 2.45) is 5.11 Å². The van der Waals surface area contributed by atoms with Crippen LogP contribution in [0.2, 0.25) is 0 Å². The SMILES string of the molecule is N=[N+]=NC[C@@H]1C[C@@H](Oc2cnc(C3CC3)cn2)CN1C(=O)[O-]. The molecule has 0 radical (unpaired) electrons. The Hall–Kier alpha value is -2.54. The van der Waals surface area contributed by atoms with Crippen LogP contribution >= 0.6 is 0 Å². The van der Waals surface area contributed by atoms with Gasteiger partial charge in [-0.1, -0.05) is 0 Å². The number of nitrogens with one attached hydrogen (secondary N) is 1. The van der Waals surface area contributed by atoms with Crippen molar-refractivity contribution >= 4 is 6.09 Å². The molecule has 0 unspecified atom stereocenters. The van der Waals surface area contributed by atoms with Gasteiger partial charge in [-0.3, -0.25) is 4.98 Å². The first-order chi connectivity index (χ1) is 10.7. The number of likely N-dealkylation sites (tertiary alicyclic amines) is 1. The van der Waals surface area contributed by atoms with Crippen molar-refractivity contribution < 1.29 is 14.6 Å². The van der Waals surface area contributed by atoms with Crippen molar-refractivity contribution in [1.29, 1.82) is 5.53 Å². The summed E-state index contributed by atoms with van der Waals surface area (Å²) in [4.78, 5) is 23.7. The maximum Gasteiger partial charge on any atom is 0.232 e. The number of carbonyl (C=O) groups excluding carboxylic acids is 1. The van der Waals surface area contributed by atoms with Crippen molar-refractivity contribution in [2.75, 3.05) is 13.1 Å². The van der Waals surface area contributed by atoms with E-state index < -0.39 is 6.09 Å². The number of hydrogen-bond acceptors (Lipinski definition) is 7. The zero-order valence-corrected chi connectivity index (χ0v) is 11.9. The van der Waals surface area contributed by atoms with E-state index >= 15 is 0 Å². The molecule has 1 aliphatic carbocycles. The Bertz CT molecular complexity index is 596. The molecule has 3 rings (SSSR count). The van der Waals surface area contributed by atoms with Gasteiger partial charge in [-0.15, -0.1) is 0 Å². The number of nitrogens with zero attached hydrogens (tertiary/aromatic N) is 5. The van der Waals surface area contributed by atoms with Crippen molar-refractivity contribution in [2.45, 2.75) is 37.3 Å². The molecule has 1 aromatic heterocycles. The summed E-state index contributed by atoms with van der Waals surface area (Å²) < 4.78 is 5.70. The maximum atomic E-state index is 11.1. The molecular formula is C13H16N6O3. The van der Waals surface area contributed by atoms with E-state index in [1.54, 1.807) is 12.4 Å². The second-order valence-electron chi connectivity index (χ2n) is 5.53. The van der Waals surface area contributed by atoms with Crippen LogP contribution in [0.15, 0.2) is 17.5 Å². The quantitative estimate of drug-likeness (QED) is 0.608. The van der Waals surface area contributed by atoms with E-state index in [4.69, 9.17) is 10.3 Å². The number of aromatic nitrogens is 2. The maximum absolute atomic E-state index is 11.1. The Balaban J connectivity index is 1.62. The standard InChI is InChI=1S/C13H16N6O3/c14-18-17-4-9-3-10(7-19(9)13(20)21)22-12-6-15-11(5-16-12)8-1-2-8/h5-6,8-10,14H,1-4,7H2/t9-,10+/m0/s1. The molecule has 2 aliphatic rings. The highest BCUT2D eigenvalue weighted by atomic mass is 16.5. The number of hydrogen-bond donors (Lipinski definition) is 1. The Morgan fingerprint density at radius 2 is 2.32 bits per heavy atom. The van der Waals surface area contributed by atoms with Crippen LogP contribution in [0.4, 0.5) is 4.79 Å². The van der Waals surface area contributed by atoms with Gasteiger partial charge in [0.2, 0.25) is 10.8 Å². The number of carboxylic acid groups (broad SMARTS) is 1. The smallest absolute Gasteiger partial charge is 0.232 e. The van der Waals surface area contributed by atoms with Gasteiger partial charge in [-0.25, -0.2) is 4.98 Å². The number of rotatable bonds is 5. The molecule has 2 atom stereocenters. The summed E-state index contributed by atoms with van der Waals surface area (Å²) in [5, 5.41) is 14.7. The van der Waals surface area contributed by atoms with Crippen LogP contribution in [0.25, 0.3) is 0 Å². The van der Waals surface area contributed by atoms with E-state index in [0.717, 1.165) is 23.4 Å². The molecule has 9 nitrogen and oxygen atoms in total. The lowest BCUT2D eigenvalue weighted by Crippen LogP contribution is -2.45. The molecule has 0 spiro atoms. The normalized spacial score (nSPS) is 23.9. The lowest BCUT2D eigenvalue weighted by atomic mass is 10.2. The van der Waals surface area contributed by atoms with Crippen LogP contribution in [0.5, 0.6) is 5.88 Å². The van der Waals surface area contributed by atoms with Crippen molar-refractivity contribution in [3.8, 4) is 5.88 Å². The van der Waals surface area contributed by atoms with E-state index in [2.05, 4.69) is 20.0 Å². The molecule has 116 valence electrons. The molecule has 1 saturated heterocycles. The van der Waals surface area contributed by atoms with Crippen LogP contribution in [0.3, 0.4) is 0 Å². The van der Waals surface area contributed by atoms with Gasteiger partial charge in [-0.05, 0) is 12.8 Å². The summed E-state index contributed by atoms with van der Waals surface area (Å²) >= 11 is 0. The average molecular weight is 304 g/mol. The van der Waals surface area contributed by atoms with E-state index in [0.29, 0.717) is 18.2 Å². The van der Waals surface area contributed by atoms with Gasteiger partial charge in [0, 0.05) is 12.3 Å². The topological polar surface area (TPSA) is 129 Å². The summed E-state index contributed by atoms with van der Waals surface area (Å²) in [5.74, 6) is 0.914. The lowest BCUT2D eigenvalue weighted by molar-refractivity contribution is -0.266. The zero-order chi connectivity index (χ0) is 15.5. The van der Waals surface area contributed by atoms with Crippen molar-refractivity contribution in [3.05, 3.63) is 18.1 Å². The fourth-order valence-electron chi connectivity index (χ4n) is 2.64. The molecule has 9 heteroatoms. The molecule has 2 fully saturated rings. The minimum atomic E-state index is -1.27. The predicted molar refractivity (Wildman–Crippen MR) is 71.1 cm³/mol. The zero-order valence-electron chi connectivity index (χ0n) is 11.9. The summed E-state index contributed by atoms with van der Waals surface area (Å²) in [6.45, 7) is 0.316. The largest absolute Gasteiger partial charge is 0.530 e. The monoisotopic (exact) mass is 304 g/mol. The summed E-state index contributed by atoms with van der Waals surface area (Å²) in [5.41, 5.74) is 7.63. The Morgan fingerprint density at radius 1 is 1.50 bits per heavy atom. The second-order valence-corrected chi connectivity index (χ2v) is 5.53. The summed E-state index contributed by atoms with van der Waals surface area (Å²) in [6.07, 6.45) is 4.46. The molecule has 1 N–H and O–H groups in total. The molecule has 1 amide bonds. The molecule has 0 aromatic carbocycles. The number of ether oxygens (including phenoxy) is 1. The van der Waals surface area contributed by atoms with Gasteiger partial charge in [0.1, 0.15) is 29.4 Å². The number of carbonyl (C=O) groups is 1. The van der Waals surface area contributed by atoms with Crippen LogP contribution in [0, 0.1) is 5.53 Å². The number of amides is 1. The Labute approximate surface area is 126 Å². The minimum Gasteiger partial charge on any atom is -0.530 e. The second kappa shape index (κ2) is 6.07. The first kappa shape index (κ1) is 14.4. The lowest BCUT2D eigenvalue weighted by Gasteiger charge is -2.23. The van der Waals surface area contributed by atoms with E-state index in [1.165, 1.54) is 0 Å². The molecule has 1 aromatic rings. The molecule has 1 saturated carbocycles. The highest BCUT2D eigenvalue weighted by molar-refractivity contribution is 5.63.